The standard InChI is InChI=1S/C33H37NO5/c1-24(35)39-33-21-26(11-15-32(33)37-3)8-12-30(36)22-28-6-4-5-7-29(28)23-38-31-13-9-25(10-14-31)20-27-16-18-34(2)19-17-27/h4-15,21,27H,16-20,22-23H2,1-3H3/b12-8+. The summed E-state index contributed by atoms with van der Waals surface area (Å²) in [6.45, 7) is 4.09. The highest BCUT2D eigenvalue weighted by Crippen LogP contribution is 2.29. The molecule has 6 nitrogen and oxygen atoms in total. The molecule has 0 aromatic heterocycles. The maximum Gasteiger partial charge on any atom is 0.308 e. The number of carbonyl (C=O) groups excluding carboxylic acids is 2. The quantitative estimate of drug-likeness (QED) is 0.176. The molecule has 4 rings (SSSR count). The van der Waals surface area contributed by atoms with Crippen molar-refractivity contribution in [2.45, 2.75) is 39.2 Å². The number of esters is 1. The molecule has 0 unspecified atom stereocenters. The highest BCUT2D eigenvalue weighted by molar-refractivity contribution is 5.95. The van der Waals surface area contributed by atoms with E-state index in [2.05, 4.69) is 24.1 Å². The first kappa shape index (κ1) is 28.1. The second-order valence-electron chi connectivity index (χ2n) is 10.1. The molecule has 204 valence electrons. The molecule has 0 atom stereocenters. The maximum atomic E-state index is 12.8. The van der Waals surface area contributed by atoms with Crippen LogP contribution in [0.3, 0.4) is 0 Å². The molecule has 0 saturated carbocycles. The Bertz CT molecular complexity index is 1290. The number of likely N-dealkylation sites (tertiary alicyclic amines) is 1. The van der Waals surface area contributed by atoms with Crippen molar-refractivity contribution in [3.05, 3.63) is 95.1 Å². The zero-order chi connectivity index (χ0) is 27.6. The minimum Gasteiger partial charge on any atom is -0.493 e. The van der Waals surface area contributed by atoms with Crippen LogP contribution in [0.2, 0.25) is 0 Å². The SMILES string of the molecule is COc1ccc(/C=C/C(=O)Cc2ccccc2COc2ccc(CC3CCN(C)CC3)cc2)cc1OC(C)=O. The van der Waals surface area contributed by atoms with E-state index in [0.717, 1.165) is 34.8 Å². The van der Waals surface area contributed by atoms with Crippen LogP contribution in [-0.2, 0) is 29.0 Å². The number of carbonyl (C=O) groups is 2. The zero-order valence-corrected chi connectivity index (χ0v) is 23.0. The minimum atomic E-state index is -0.437. The first-order valence-corrected chi connectivity index (χ1v) is 13.4. The van der Waals surface area contributed by atoms with Crippen LogP contribution in [0.25, 0.3) is 6.08 Å². The van der Waals surface area contributed by atoms with Crippen molar-refractivity contribution in [1.29, 1.82) is 0 Å². The smallest absolute Gasteiger partial charge is 0.308 e. The highest BCUT2D eigenvalue weighted by Gasteiger charge is 2.17. The van der Waals surface area contributed by atoms with Crippen molar-refractivity contribution >= 4 is 17.8 Å². The van der Waals surface area contributed by atoms with Gasteiger partial charge in [0.25, 0.3) is 0 Å². The molecule has 1 aliphatic rings. The zero-order valence-electron chi connectivity index (χ0n) is 23.0. The Labute approximate surface area is 231 Å². The van der Waals surface area contributed by atoms with E-state index < -0.39 is 5.97 Å². The van der Waals surface area contributed by atoms with Gasteiger partial charge in [-0.25, -0.2) is 0 Å². The molecule has 0 radical (unpaired) electrons. The van der Waals surface area contributed by atoms with Gasteiger partial charge in [-0.3, -0.25) is 9.59 Å². The van der Waals surface area contributed by atoms with Gasteiger partial charge in [-0.05, 0) is 97.9 Å². The summed E-state index contributed by atoms with van der Waals surface area (Å²) < 4.78 is 16.5. The van der Waals surface area contributed by atoms with Gasteiger partial charge in [0.05, 0.1) is 7.11 Å². The second-order valence-corrected chi connectivity index (χ2v) is 10.1. The van der Waals surface area contributed by atoms with Crippen LogP contribution in [0.1, 0.15) is 42.0 Å². The number of hydrogen-bond acceptors (Lipinski definition) is 6. The summed E-state index contributed by atoms with van der Waals surface area (Å²) in [6, 6.07) is 21.4. The van der Waals surface area contributed by atoms with E-state index >= 15 is 0 Å². The predicted molar refractivity (Wildman–Crippen MR) is 153 cm³/mol. The van der Waals surface area contributed by atoms with Crippen molar-refractivity contribution < 1.29 is 23.8 Å². The van der Waals surface area contributed by atoms with E-state index in [1.165, 1.54) is 45.5 Å². The number of ether oxygens (including phenoxy) is 3. The Morgan fingerprint density at radius 3 is 2.36 bits per heavy atom. The van der Waals surface area contributed by atoms with Crippen molar-refractivity contribution in [1.82, 2.24) is 4.90 Å². The Hall–Kier alpha value is -3.90. The van der Waals surface area contributed by atoms with E-state index in [9.17, 15) is 9.59 Å². The highest BCUT2D eigenvalue weighted by atomic mass is 16.6. The molecule has 0 N–H and O–H groups in total. The van der Waals surface area contributed by atoms with Gasteiger partial charge in [0.2, 0.25) is 0 Å². The summed E-state index contributed by atoms with van der Waals surface area (Å²) in [5, 5.41) is 0. The number of nitrogens with zero attached hydrogens (tertiary/aromatic N) is 1. The molecule has 0 aliphatic carbocycles. The number of methoxy groups -OCH3 is 1. The number of benzene rings is 3. The second kappa shape index (κ2) is 13.8. The number of rotatable bonds is 11. The third-order valence-electron chi connectivity index (χ3n) is 7.07. The Kier molecular flexibility index (Phi) is 9.92. The van der Waals surface area contributed by atoms with Gasteiger partial charge in [0, 0.05) is 13.3 Å². The normalized spacial score (nSPS) is 14.3. The molecule has 39 heavy (non-hydrogen) atoms. The largest absolute Gasteiger partial charge is 0.493 e. The van der Waals surface area contributed by atoms with Crippen LogP contribution in [0.4, 0.5) is 0 Å². The summed E-state index contributed by atoms with van der Waals surface area (Å²) in [5.74, 6) is 1.88. The third-order valence-corrected chi connectivity index (χ3v) is 7.07. The van der Waals surface area contributed by atoms with Crippen LogP contribution in [0.5, 0.6) is 17.2 Å². The molecule has 3 aromatic rings. The molecule has 1 fully saturated rings. The van der Waals surface area contributed by atoms with Gasteiger partial charge in [0.15, 0.2) is 17.3 Å². The predicted octanol–water partition coefficient (Wildman–Crippen LogP) is 5.91. The number of allylic oxidation sites excluding steroid dienone is 1. The average Bonchev–Trinajstić information content (AvgIpc) is 2.93. The van der Waals surface area contributed by atoms with Gasteiger partial charge >= 0.3 is 5.97 Å². The van der Waals surface area contributed by atoms with Gasteiger partial charge in [-0.1, -0.05) is 48.5 Å². The Balaban J connectivity index is 1.33. The van der Waals surface area contributed by atoms with Gasteiger partial charge in [-0.2, -0.15) is 0 Å². The molecule has 6 heteroatoms. The molecule has 0 spiro atoms. The molecule has 1 saturated heterocycles. The third kappa shape index (κ3) is 8.55. The van der Waals surface area contributed by atoms with E-state index in [4.69, 9.17) is 14.2 Å². The molecule has 0 bridgehead atoms. The maximum absolute atomic E-state index is 12.8. The lowest BCUT2D eigenvalue weighted by Gasteiger charge is -2.28. The molecular weight excluding hydrogens is 490 g/mol. The first-order chi connectivity index (χ1) is 18.9. The summed E-state index contributed by atoms with van der Waals surface area (Å²) in [5.41, 5.74) is 4.00. The molecule has 1 heterocycles. The first-order valence-electron chi connectivity index (χ1n) is 13.4. The average molecular weight is 528 g/mol. The monoisotopic (exact) mass is 527 g/mol. The van der Waals surface area contributed by atoms with E-state index in [-0.39, 0.29) is 12.2 Å². The lowest BCUT2D eigenvalue weighted by molar-refractivity contribution is -0.132. The van der Waals surface area contributed by atoms with Crippen LogP contribution in [0, 0.1) is 5.92 Å². The number of ketones is 1. The summed E-state index contributed by atoms with van der Waals surface area (Å²) >= 11 is 0. The van der Waals surface area contributed by atoms with Crippen LogP contribution in [0.15, 0.2) is 72.8 Å². The Morgan fingerprint density at radius 1 is 0.949 bits per heavy atom. The van der Waals surface area contributed by atoms with Crippen molar-refractivity contribution in [3.8, 4) is 17.2 Å². The minimum absolute atomic E-state index is 0.0365. The van der Waals surface area contributed by atoms with E-state index in [1.54, 1.807) is 30.4 Å². The fraction of sp³-hybridized carbons (Fsp3) is 0.333. The fourth-order valence-electron chi connectivity index (χ4n) is 4.82. The molecule has 1 aliphatic heterocycles. The van der Waals surface area contributed by atoms with Gasteiger partial charge in [0.1, 0.15) is 12.4 Å². The molecule has 0 amide bonds. The fourth-order valence-corrected chi connectivity index (χ4v) is 4.82. The lowest BCUT2D eigenvalue weighted by Crippen LogP contribution is -2.30. The van der Waals surface area contributed by atoms with Crippen molar-refractivity contribution in [3.63, 3.8) is 0 Å². The Morgan fingerprint density at radius 2 is 1.67 bits per heavy atom. The summed E-state index contributed by atoms with van der Waals surface area (Å²) in [4.78, 5) is 26.6. The lowest BCUT2D eigenvalue weighted by atomic mass is 9.90. The van der Waals surface area contributed by atoms with E-state index in [0.29, 0.717) is 18.1 Å². The van der Waals surface area contributed by atoms with Crippen LogP contribution < -0.4 is 14.2 Å². The summed E-state index contributed by atoms with van der Waals surface area (Å²) in [7, 11) is 3.70. The van der Waals surface area contributed by atoms with Crippen LogP contribution >= 0.6 is 0 Å². The van der Waals surface area contributed by atoms with Crippen molar-refractivity contribution in [2.75, 3.05) is 27.2 Å². The van der Waals surface area contributed by atoms with Gasteiger partial charge < -0.3 is 19.1 Å². The molecular formula is C33H37NO5. The number of hydrogen-bond donors (Lipinski definition) is 0. The molecule has 3 aromatic carbocycles. The van der Waals surface area contributed by atoms with Crippen molar-refractivity contribution in [2.24, 2.45) is 5.92 Å². The topological polar surface area (TPSA) is 65.1 Å². The summed E-state index contributed by atoms with van der Waals surface area (Å²) in [6.07, 6.45) is 7.15. The van der Waals surface area contributed by atoms with E-state index in [1.807, 2.05) is 36.4 Å². The van der Waals surface area contributed by atoms with Gasteiger partial charge in [-0.15, -0.1) is 0 Å². The number of piperidine rings is 1. The van der Waals surface area contributed by atoms with Crippen LogP contribution in [-0.4, -0.2) is 43.9 Å².